The number of sulfonamides is 1. The molecule has 1 aromatic carbocycles. The van der Waals surface area contributed by atoms with E-state index >= 15 is 0 Å². The van der Waals surface area contributed by atoms with E-state index < -0.39 is 33.7 Å². The Hall–Kier alpha value is -3.14. The third-order valence-electron chi connectivity index (χ3n) is 3.70. The highest BCUT2D eigenvalue weighted by Gasteiger charge is 2.39. The zero-order valence-corrected chi connectivity index (χ0v) is 15.1. The summed E-state index contributed by atoms with van der Waals surface area (Å²) < 4.78 is 70.9. The van der Waals surface area contributed by atoms with Gasteiger partial charge in [0.2, 0.25) is 0 Å². The van der Waals surface area contributed by atoms with Gasteiger partial charge >= 0.3 is 12.2 Å². The van der Waals surface area contributed by atoms with E-state index in [2.05, 4.69) is 16.5 Å². The number of aromatic nitrogens is 2. The normalized spacial score (nSPS) is 15.9. The molecule has 0 amide bonds. The van der Waals surface area contributed by atoms with E-state index in [1.807, 2.05) is 0 Å². The van der Waals surface area contributed by atoms with Crippen molar-refractivity contribution in [3.05, 3.63) is 78.7 Å². The van der Waals surface area contributed by atoms with Crippen LogP contribution < -0.4 is 9.04 Å². The number of hydrogen-bond acceptors (Lipinski definition) is 5. The molecule has 0 saturated carbocycles. The van der Waals surface area contributed by atoms with E-state index in [0.29, 0.717) is 11.6 Å². The summed E-state index contributed by atoms with van der Waals surface area (Å²) in [6.45, 7) is 3.33. The predicted molar refractivity (Wildman–Crippen MR) is 95.9 cm³/mol. The summed E-state index contributed by atoms with van der Waals surface area (Å²) in [5, 5.41) is 0. The quantitative estimate of drug-likeness (QED) is 0.554. The fraction of sp³-hybridized carbons (Fsp3) is 0.111. The van der Waals surface area contributed by atoms with Gasteiger partial charge < -0.3 is 4.74 Å². The van der Waals surface area contributed by atoms with Crippen LogP contribution in [0.3, 0.4) is 0 Å². The third kappa shape index (κ3) is 3.91. The fourth-order valence-corrected chi connectivity index (χ4v) is 4.08. The maximum atomic E-state index is 13.2. The molecule has 0 bridgehead atoms. The van der Waals surface area contributed by atoms with E-state index in [4.69, 9.17) is 4.74 Å². The number of anilines is 1. The van der Waals surface area contributed by atoms with Crippen molar-refractivity contribution >= 4 is 15.8 Å². The highest BCUT2D eigenvalue weighted by molar-refractivity contribution is 7.93. The third-order valence-corrected chi connectivity index (χ3v) is 5.55. The van der Waals surface area contributed by atoms with Crippen LogP contribution in [0.2, 0.25) is 0 Å². The smallest absolute Gasteiger partial charge is 0.432 e. The summed E-state index contributed by atoms with van der Waals surface area (Å²) in [6, 6.07) is 6.12. The van der Waals surface area contributed by atoms with Crippen molar-refractivity contribution in [2.75, 3.05) is 4.31 Å². The van der Waals surface area contributed by atoms with Crippen molar-refractivity contribution < 1.29 is 26.3 Å². The first-order valence-corrected chi connectivity index (χ1v) is 9.35. The molecule has 28 heavy (non-hydrogen) atoms. The first kappa shape index (κ1) is 19.6. The lowest BCUT2D eigenvalue weighted by atomic mass is 10.2. The topological polar surface area (TPSA) is 72.4 Å². The number of fused-ring (bicyclic) bond motifs is 1. The Kier molecular flexibility index (Phi) is 5.23. The monoisotopic (exact) mass is 409 g/mol. The molecule has 0 fully saturated rings. The summed E-state index contributed by atoms with van der Waals surface area (Å²) in [7, 11) is -4.03. The molecule has 1 aliphatic rings. The lowest BCUT2D eigenvalue weighted by molar-refractivity contribution is -0.141. The maximum absolute atomic E-state index is 13.2. The van der Waals surface area contributed by atoms with Crippen molar-refractivity contribution in [1.82, 2.24) is 9.97 Å². The molecule has 0 N–H and O–H groups in total. The zero-order valence-electron chi connectivity index (χ0n) is 14.3. The Morgan fingerprint density at radius 3 is 2.57 bits per heavy atom. The van der Waals surface area contributed by atoms with Crippen LogP contribution in [-0.2, 0) is 22.7 Å². The molecular formula is C18H14F3N3O3S. The minimum atomic E-state index is -4.81. The summed E-state index contributed by atoms with van der Waals surface area (Å²) >= 11 is 0. The zero-order chi connectivity index (χ0) is 20.4. The highest BCUT2D eigenvalue weighted by Crippen LogP contribution is 2.37. The summed E-state index contributed by atoms with van der Waals surface area (Å²) in [6.07, 6.45) is 2.27. The second kappa shape index (κ2) is 7.47. The second-order valence-corrected chi connectivity index (χ2v) is 7.41. The van der Waals surface area contributed by atoms with Crippen molar-refractivity contribution in [3.8, 4) is 6.01 Å². The lowest BCUT2D eigenvalue weighted by Gasteiger charge is -2.17. The molecular weight excluding hydrogens is 395 g/mol. The van der Waals surface area contributed by atoms with Crippen molar-refractivity contribution in [3.63, 3.8) is 0 Å². The molecule has 10 heteroatoms. The molecule has 1 aliphatic heterocycles. The lowest BCUT2D eigenvalue weighted by Crippen LogP contribution is -2.25. The summed E-state index contributed by atoms with van der Waals surface area (Å²) in [5.41, 5.74) is -0.847. The molecule has 0 unspecified atom stereocenters. The molecule has 146 valence electrons. The van der Waals surface area contributed by atoms with E-state index in [9.17, 15) is 21.6 Å². The Morgan fingerprint density at radius 2 is 1.89 bits per heavy atom. The van der Waals surface area contributed by atoms with Crippen LogP contribution in [0.1, 0.15) is 11.3 Å². The van der Waals surface area contributed by atoms with Gasteiger partial charge in [-0.1, -0.05) is 43.0 Å². The average molecular weight is 409 g/mol. The Morgan fingerprint density at radius 1 is 1.14 bits per heavy atom. The van der Waals surface area contributed by atoms with Crippen LogP contribution in [0, 0.1) is 0 Å². The van der Waals surface area contributed by atoms with Crippen LogP contribution in [-0.4, -0.2) is 18.4 Å². The molecule has 0 atom stereocenters. The standard InChI is InChI=1S/C18H14F3N3O3S/c1-2-3-4-7-10-27-17-22-15(18(19,20)21)11-16(23-17)24-12-13-8-5-6-9-14(13)28(24,25)26/h2-11H,1,12H2/b4-3-,10-7+. The predicted octanol–water partition coefficient (Wildman–Crippen LogP) is 3.84. The molecule has 3 rings (SSSR count). The summed E-state index contributed by atoms with van der Waals surface area (Å²) in [5.74, 6) is -0.427. The van der Waals surface area contributed by atoms with Gasteiger partial charge in [-0.05, 0) is 17.7 Å². The Balaban J connectivity index is 2.01. The molecule has 2 aromatic rings. The number of alkyl halides is 3. The van der Waals surface area contributed by atoms with Gasteiger partial charge in [-0.2, -0.15) is 23.1 Å². The number of nitrogens with zero attached hydrogens (tertiary/aromatic N) is 3. The van der Waals surface area contributed by atoms with Gasteiger partial charge in [0, 0.05) is 6.07 Å². The Labute approximate surface area is 159 Å². The molecule has 6 nitrogen and oxygen atoms in total. The van der Waals surface area contributed by atoms with Gasteiger partial charge in [0.15, 0.2) is 11.5 Å². The summed E-state index contributed by atoms with van der Waals surface area (Å²) in [4.78, 5) is 7.19. The van der Waals surface area contributed by atoms with E-state index in [1.165, 1.54) is 30.4 Å². The van der Waals surface area contributed by atoms with Gasteiger partial charge in [0.1, 0.15) is 0 Å². The number of halogens is 3. The largest absolute Gasteiger partial charge is 0.433 e. The van der Waals surface area contributed by atoms with Crippen molar-refractivity contribution in [2.24, 2.45) is 0 Å². The minimum absolute atomic E-state index is 0.0269. The average Bonchev–Trinajstić information content (AvgIpc) is 2.92. The minimum Gasteiger partial charge on any atom is -0.432 e. The molecule has 1 aromatic heterocycles. The number of hydrogen-bond donors (Lipinski definition) is 0. The van der Waals surface area contributed by atoms with Crippen molar-refractivity contribution in [2.45, 2.75) is 17.6 Å². The van der Waals surface area contributed by atoms with Crippen LogP contribution in [0.15, 0.2) is 72.4 Å². The molecule has 2 heterocycles. The number of benzene rings is 1. The van der Waals surface area contributed by atoms with E-state index in [0.717, 1.165) is 10.6 Å². The van der Waals surface area contributed by atoms with E-state index in [-0.39, 0.29) is 11.4 Å². The van der Waals surface area contributed by atoms with Gasteiger partial charge in [0.25, 0.3) is 10.0 Å². The number of rotatable bonds is 5. The maximum Gasteiger partial charge on any atom is 0.433 e. The number of allylic oxidation sites excluding steroid dienone is 4. The van der Waals surface area contributed by atoms with Gasteiger partial charge in [0.05, 0.1) is 17.7 Å². The van der Waals surface area contributed by atoms with E-state index in [1.54, 1.807) is 18.2 Å². The highest BCUT2D eigenvalue weighted by atomic mass is 32.2. The molecule has 0 aliphatic carbocycles. The van der Waals surface area contributed by atoms with Crippen LogP contribution in [0.4, 0.5) is 19.0 Å². The fourth-order valence-electron chi connectivity index (χ4n) is 2.48. The van der Waals surface area contributed by atoms with Gasteiger partial charge in [-0.3, -0.25) is 0 Å². The first-order chi connectivity index (χ1) is 13.2. The number of ether oxygens (including phenoxy) is 1. The van der Waals surface area contributed by atoms with Crippen molar-refractivity contribution in [1.29, 1.82) is 0 Å². The van der Waals surface area contributed by atoms with Gasteiger partial charge in [-0.15, -0.1) is 0 Å². The van der Waals surface area contributed by atoms with Gasteiger partial charge in [-0.25, -0.2) is 12.7 Å². The first-order valence-electron chi connectivity index (χ1n) is 7.91. The van der Waals surface area contributed by atoms with Crippen LogP contribution in [0.5, 0.6) is 6.01 Å². The second-order valence-electron chi connectivity index (χ2n) is 5.58. The molecule has 0 radical (unpaired) electrons. The molecule has 0 saturated heterocycles. The van der Waals surface area contributed by atoms with Crippen LogP contribution in [0.25, 0.3) is 0 Å². The molecule has 0 spiro atoms. The van der Waals surface area contributed by atoms with Crippen LogP contribution >= 0.6 is 0 Å². The SMILES string of the molecule is C=C/C=C\C=C\Oc1nc(N2Cc3ccccc3S2(=O)=O)cc(C(F)(F)F)n1. The Bertz CT molecular complexity index is 1060.